The number of pyridine rings is 1. The van der Waals surface area contributed by atoms with Gasteiger partial charge in [0.05, 0.1) is 5.69 Å². The summed E-state index contributed by atoms with van der Waals surface area (Å²) in [6.07, 6.45) is 0. The lowest BCUT2D eigenvalue weighted by Gasteiger charge is -2.03. The van der Waals surface area contributed by atoms with Gasteiger partial charge in [-0.15, -0.1) is 0 Å². The number of nitrogens with two attached hydrogens (primary N) is 1. The van der Waals surface area contributed by atoms with Crippen LogP contribution in [0.4, 0.5) is 10.1 Å². The van der Waals surface area contributed by atoms with Crippen LogP contribution in [0.25, 0.3) is 11.3 Å². The fourth-order valence-electron chi connectivity index (χ4n) is 1.31. The van der Waals surface area contributed by atoms with Crippen LogP contribution < -0.4 is 5.73 Å². The zero-order chi connectivity index (χ0) is 10.8. The number of rotatable bonds is 1. The predicted molar refractivity (Wildman–Crippen MR) is 59.1 cm³/mol. The van der Waals surface area contributed by atoms with E-state index in [4.69, 9.17) is 17.3 Å². The second-order valence-corrected chi connectivity index (χ2v) is 3.51. The Bertz CT molecular complexity index is 479. The summed E-state index contributed by atoms with van der Waals surface area (Å²) in [4.78, 5) is 4.06. The molecule has 15 heavy (non-hydrogen) atoms. The third-order valence-corrected chi connectivity index (χ3v) is 2.13. The van der Waals surface area contributed by atoms with Crippen molar-refractivity contribution in [2.75, 3.05) is 5.73 Å². The summed E-state index contributed by atoms with van der Waals surface area (Å²) in [7, 11) is 0. The van der Waals surface area contributed by atoms with Crippen molar-refractivity contribution in [3.8, 4) is 11.3 Å². The van der Waals surface area contributed by atoms with Gasteiger partial charge in [-0.05, 0) is 24.3 Å². The molecule has 0 fully saturated rings. The molecule has 0 saturated heterocycles. The van der Waals surface area contributed by atoms with Crippen molar-refractivity contribution >= 4 is 17.3 Å². The van der Waals surface area contributed by atoms with E-state index in [0.29, 0.717) is 22.1 Å². The molecule has 0 spiro atoms. The van der Waals surface area contributed by atoms with Crippen LogP contribution >= 0.6 is 11.6 Å². The zero-order valence-electron chi connectivity index (χ0n) is 7.74. The van der Waals surface area contributed by atoms with Crippen molar-refractivity contribution in [1.82, 2.24) is 4.98 Å². The Morgan fingerprint density at radius 1 is 1.20 bits per heavy atom. The lowest BCUT2D eigenvalue weighted by atomic mass is 10.1. The molecule has 0 saturated carbocycles. The normalized spacial score (nSPS) is 10.3. The quantitative estimate of drug-likeness (QED) is 0.753. The van der Waals surface area contributed by atoms with E-state index < -0.39 is 0 Å². The second-order valence-electron chi connectivity index (χ2n) is 3.12. The first-order valence-electron chi connectivity index (χ1n) is 4.34. The Kier molecular flexibility index (Phi) is 2.56. The van der Waals surface area contributed by atoms with Crippen molar-refractivity contribution in [1.29, 1.82) is 0 Å². The SMILES string of the molecule is Nc1cc(Cl)nc(-c2cccc(F)c2)c1. The van der Waals surface area contributed by atoms with E-state index in [1.165, 1.54) is 12.1 Å². The maximum atomic E-state index is 13.0. The molecule has 0 bridgehead atoms. The van der Waals surface area contributed by atoms with Gasteiger partial charge in [0.15, 0.2) is 0 Å². The largest absolute Gasteiger partial charge is 0.399 e. The first-order valence-corrected chi connectivity index (χ1v) is 4.72. The minimum atomic E-state index is -0.312. The molecule has 4 heteroatoms. The highest BCUT2D eigenvalue weighted by Gasteiger charge is 2.03. The maximum Gasteiger partial charge on any atom is 0.131 e. The number of anilines is 1. The summed E-state index contributed by atoms with van der Waals surface area (Å²) >= 11 is 5.75. The Morgan fingerprint density at radius 2 is 2.00 bits per heavy atom. The number of nitrogens with zero attached hydrogens (tertiary/aromatic N) is 1. The Hall–Kier alpha value is -1.61. The monoisotopic (exact) mass is 222 g/mol. The summed E-state index contributed by atoms with van der Waals surface area (Å²) in [5.41, 5.74) is 7.35. The van der Waals surface area contributed by atoms with Gasteiger partial charge >= 0.3 is 0 Å². The molecule has 0 aliphatic rings. The van der Waals surface area contributed by atoms with E-state index in [1.54, 1.807) is 24.3 Å². The third-order valence-electron chi connectivity index (χ3n) is 1.94. The minimum absolute atomic E-state index is 0.300. The zero-order valence-corrected chi connectivity index (χ0v) is 8.50. The molecule has 0 radical (unpaired) electrons. The average molecular weight is 223 g/mol. The lowest BCUT2D eigenvalue weighted by molar-refractivity contribution is 0.628. The fourth-order valence-corrected chi connectivity index (χ4v) is 1.53. The van der Waals surface area contributed by atoms with E-state index in [0.717, 1.165) is 0 Å². The molecule has 0 amide bonds. The van der Waals surface area contributed by atoms with Gasteiger partial charge < -0.3 is 5.73 Å². The molecule has 0 unspecified atom stereocenters. The van der Waals surface area contributed by atoms with E-state index in [-0.39, 0.29) is 5.82 Å². The van der Waals surface area contributed by atoms with E-state index in [2.05, 4.69) is 4.98 Å². The number of halogens is 2. The van der Waals surface area contributed by atoms with Crippen LogP contribution in [-0.4, -0.2) is 4.98 Å². The fraction of sp³-hybridized carbons (Fsp3) is 0. The van der Waals surface area contributed by atoms with Gasteiger partial charge in [-0.1, -0.05) is 23.7 Å². The molecule has 2 nitrogen and oxygen atoms in total. The van der Waals surface area contributed by atoms with Crippen LogP contribution in [0.1, 0.15) is 0 Å². The molecule has 76 valence electrons. The van der Waals surface area contributed by atoms with Gasteiger partial charge in [0.2, 0.25) is 0 Å². The number of nitrogen functional groups attached to an aromatic ring is 1. The van der Waals surface area contributed by atoms with Gasteiger partial charge in [-0.25, -0.2) is 9.37 Å². The molecule has 0 atom stereocenters. The third kappa shape index (κ3) is 2.25. The lowest BCUT2D eigenvalue weighted by Crippen LogP contribution is -1.90. The van der Waals surface area contributed by atoms with Gasteiger partial charge in [0, 0.05) is 11.3 Å². The van der Waals surface area contributed by atoms with Crippen LogP contribution in [0.2, 0.25) is 5.15 Å². The molecule has 2 N–H and O–H groups in total. The second kappa shape index (κ2) is 3.87. The van der Waals surface area contributed by atoms with Crippen molar-refractivity contribution in [3.63, 3.8) is 0 Å². The van der Waals surface area contributed by atoms with Gasteiger partial charge in [0.25, 0.3) is 0 Å². The Balaban J connectivity index is 2.54. The standard InChI is InChI=1S/C11H8ClFN2/c12-11-6-9(14)5-10(15-11)7-2-1-3-8(13)4-7/h1-6H,(H2,14,15). The van der Waals surface area contributed by atoms with Gasteiger partial charge in [-0.3, -0.25) is 0 Å². The highest BCUT2D eigenvalue weighted by atomic mass is 35.5. The summed E-state index contributed by atoms with van der Waals surface area (Å²) in [6, 6.07) is 9.32. The van der Waals surface area contributed by atoms with Crippen molar-refractivity contribution < 1.29 is 4.39 Å². The summed E-state index contributed by atoms with van der Waals surface area (Å²) < 4.78 is 13.0. The van der Waals surface area contributed by atoms with Crippen LogP contribution in [0, 0.1) is 5.82 Å². The topological polar surface area (TPSA) is 38.9 Å². The Labute approximate surface area is 91.5 Å². The van der Waals surface area contributed by atoms with Gasteiger partial charge in [0.1, 0.15) is 11.0 Å². The highest BCUT2D eigenvalue weighted by Crippen LogP contribution is 2.22. The first-order chi connectivity index (χ1) is 7.15. The summed E-state index contributed by atoms with van der Waals surface area (Å²) in [5.74, 6) is -0.312. The molecular weight excluding hydrogens is 215 g/mol. The minimum Gasteiger partial charge on any atom is -0.399 e. The van der Waals surface area contributed by atoms with E-state index in [1.807, 2.05) is 0 Å². The van der Waals surface area contributed by atoms with Crippen molar-refractivity contribution in [2.24, 2.45) is 0 Å². The van der Waals surface area contributed by atoms with Crippen molar-refractivity contribution in [2.45, 2.75) is 0 Å². The van der Waals surface area contributed by atoms with Gasteiger partial charge in [-0.2, -0.15) is 0 Å². The van der Waals surface area contributed by atoms with Crippen molar-refractivity contribution in [3.05, 3.63) is 47.4 Å². The molecule has 1 aromatic heterocycles. The molecule has 2 aromatic rings. The van der Waals surface area contributed by atoms with E-state index >= 15 is 0 Å². The summed E-state index contributed by atoms with van der Waals surface area (Å²) in [5, 5.41) is 0.300. The van der Waals surface area contributed by atoms with Crippen LogP contribution in [0.15, 0.2) is 36.4 Å². The smallest absolute Gasteiger partial charge is 0.131 e. The molecule has 1 aromatic carbocycles. The molecule has 2 rings (SSSR count). The van der Waals surface area contributed by atoms with Crippen LogP contribution in [0.3, 0.4) is 0 Å². The molecule has 0 aliphatic heterocycles. The molecule has 1 heterocycles. The number of benzene rings is 1. The highest BCUT2D eigenvalue weighted by molar-refractivity contribution is 6.29. The number of hydrogen-bond donors (Lipinski definition) is 1. The number of hydrogen-bond acceptors (Lipinski definition) is 2. The molecular formula is C11H8ClFN2. The predicted octanol–water partition coefficient (Wildman–Crippen LogP) is 3.12. The maximum absolute atomic E-state index is 13.0. The van der Waals surface area contributed by atoms with Crippen LogP contribution in [0.5, 0.6) is 0 Å². The Morgan fingerprint density at radius 3 is 2.67 bits per heavy atom. The molecule has 0 aliphatic carbocycles. The van der Waals surface area contributed by atoms with Crippen LogP contribution in [-0.2, 0) is 0 Å². The summed E-state index contributed by atoms with van der Waals surface area (Å²) in [6.45, 7) is 0. The first kappa shape index (κ1) is 9.93. The average Bonchev–Trinajstić information content (AvgIpc) is 2.16. The van der Waals surface area contributed by atoms with E-state index in [9.17, 15) is 4.39 Å². The number of aromatic nitrogens is 1.